The van der Waals surface area contributed by atoms with E-state index in [4.69, 9.17) is 4.74 Å². The number of ether oxygens (including phenoxy) is 1. The van der Waals surface area contributed by atoms with Crippen LogP contribution in [0.1, 0.15) is 144 Å². The zero-order valence-electron chi connectivity index (χ0n) is 37.7. The molecule has 0 aromatic carbocycles. The van der Waals surface area contributed by atoms with E-state index in [-0.39, 0.29) is 41.0 Å². The summed E-state index contributed by atoms with van der Waals surface area (Å²) < 4.78 is 5.67. The highest BCUT2D eigenvalue weighted by Crippen LogP contribution is 2.65. The molecule has 2 saturated carbocycles. The van der Waals surface area contributed by atoms with Crippen LogP contribution in [0.2, 0.25) is 0 Å². The van der Waals surface area contributed by atoms with Crippen molar-refractivity contribution < 1.29 is 24.5 Å². The SMILES string of the molecule is CCC=CCC=CCC=CCC=CCC=CCC=CCCC(=O)NCCOCCNC(=O)CCC(C)C1CCC2C3C(O)C(CC)N4CC(O)CCC4(C)C3CCC12C. The summed E-state index contributed by atoms with van der Waals surface area (Å²) in [5.41, 5.74) is 0.252. The summed E-state index contributed by atoms with van der Waals surface area (Å²) in [6.07, 6.45) is 41.5. The zero-order chi connectivity index (χ0) is 42.5. The number of amides is 2. The van der Waals surface area contributed by atoms with Gasteiger partial charge < -0.3 is 25.6 Å². The van der Waals surface area contributed by atoms with Gasteiger partial charge in [0, 0.05) is 44.1 Å². The molecular formula is C51H83N3O5. The molecule has 2 aliphatic heterocycles. The lowest BCUT2D eigenvalue weighted by Crippen LogP contribution is -2.72. The lowest BCUT2D eigenvalue weighted by atomic mass is 9.49. The molecule has 0 aromatic heterocycles. The first-order valence-electron chi connectivity index (χ1n) is 23.7. The summed E-state index contributed by atoms with van der Waals surface area (Å²) in [5, 5.41) is 28.5. The van der Waals surface area contributed by atoms with Crippen molar-refractivity contribution in [3.05, 3.63) is 72.9 Å². The Kier molecular flexibility index (Phi) is 21.4. The number of hydrogen-bond acceptors (Lipinski definition) is 6. The van der Waals surface area contributed by atoms with E-state index >= 15 is 0 Å². The van der Waals surface area contributed by atoms with E-state index in [0.29, 0.717) is 75.3 Å². The molecule has 4 fully saturated rings. The van der Waals surface area contributed by atoms with Crippen LogP contribution in [0.15, 0.2) is 72.9 Å². The second-order valence-corrected chi connectivity index (χ2v) is 18.5. The topological polar surface area (TPSA) is 111 Å². The molecule has 0 bridgehead atoms. The minimum Gasteiger partial charge on any atom is -0.392 e. The van der Waals surface area contributed by atoms with Gasteiger partial charge in [0.15, 0.2) is 0 Å². The van der Waals surface area contributed by atoms with Crippen LogP contribution in [0.25, 0.3) is 0 Å². The van der Waals surface area contributed by atoms with Crippen molar-refractivity contribution in [1.29, 1.82) is 0 Å². The highest BCUT2D eigenvalue weighted by Gasteiger charge is 2.64. The number of piperidine rings is 2. The van der Waals surface area contributed by atoms with Crippen molar-refractivity contribution in [2.75, 3.05) is 32.8 Å². The van der Waals surface area contributed by atoms with Gasteiger partial charge in [-0.15, -0.1) is 0 Å². The Bertz CT molecular complexity index is 1440. The third-order valence-corrected chi connectivity index (χ3v) is 14.6. The standard InChI is InChI=1S/C51H83N3O5/c1-6-8-9-10-11-12-13-14-15-16-17-18-19-20-21-22-23-24-25-26-46(56)52-35-37-59-38-36-53-47(57)30-27-40(3)42-28-29-43-48-44(32-33-50(42,43)4)51(5)34-31-41(55)39-54(51)45(7-2)49(48)58/h8-9,11-12,14-15,17-18,20-21,23-24,40-45,48-49,55,58H,6-7,10,13,16,19,22,25-39H2,1-5H3,(H,52,56)(H,53,57). The van der Waals surface area contributed by atoms with Crippen LogP contribution in [-0.2, 0) is 14.3 Å². The minimum absolute atomic E-state index is 0.0250. The maximum Gasteiger partial charge on any atom is 0.220 e. The molecule has 0 aromatic rings. The van der Waals surface area contributed by atoms with Crippen LogP contribution in [0.3, 0.4) is 0 Å². The molecular weight excluding hydrogens is 735 g/mol. The molecule has 2 heterocycles. The number of aliphatic hydroxyl groups excluding tert-OH is 2. The van der Waals surface area contributed by atoms with Gasteiger partial charge in [-0.1, -0.05) is 101 Å². The minimum atomic E-state index is -0.342. The van der Waals surface area contributed by atoms with Crippen LogP contribution in [0, 0.1) is 35.0 Å². The summed E-state index contributed by atoms with van der Waals surface area (Å²) in [6.45, 7) is 14.1. The fraction of sp³-hybridized carbons (Fsp3) is 0.725. The maximum absolute atomic E-state index is 12.8. The first-order chi connectivity index (χ1) is 28.6. The number of carbonyl (C=O) groups is 2. The van der Waals surface area contributed by atoms with Gasteiger partial charge in [0.25, 0.3) is 0 Å². The smallest absolute Gasteiger partial charge is 0.220 e. The van der Waals surface area contributed by atoms with Crippen molar-refractivity contribution in [3.8, 4) is 0 Å². The van der Waals surface area contributed by atoms with Gasteiger partial charge in [0.1, 0.15) is 0 Å². The lowest BCUT2D eigenvalue weighted by molar-refractivity contribution is -0.207. The summed E-state index contributed by atoms with van der Waals surface area (Å²) >= 11 is 0. The third kappa shape index (κ3) is 14.4. The Morgan fingerprint density at radius 3 is 1.86 bits per heavy atom. The molecule has 2 amide bonds. The van der Waals surface area contributed by atoms with E-state index in [0.717, 1.165) is 77.0 Å². The first-order valence-corrected chi connectivity index (χ1v) is 23.7. The van der Waals surface area contributed by atoms with Gasteiger partial charge >= 0.3 is 0 Å². The molecule has 10 atom stereocenters. The number of nitrogens with one attached hydrogen (secondary N) is 2. The molecule has 0 spiro atoms. The number of nitrogens with zero attached hydrogens (tertiary/aromatic N) is 1. The maximum atomic E-state index is 12.8. The highest BCUT2D eigenvalue weighted by atomic mass is 16.5. The Morgan fingerprint density at radius 1 is 0.729 bits per heavy atom. The largest absolute Gasteiger partial charge is 0.392 e. The number of hydrogen-bond donors (Lipinski definition) is 4. The summed E-state index contributed by atoms with van der Waals surface area (Å²) in [7, 11) is 0. The Morgan fingerprint density at radius 2 is 1.29 bits per heavy atom. The first kappa shape index (κ1) is 48.9. The van der Waals surface area contributed by atoms with E-state index in [1.807, 2.05) is 0 Å². The molecule has 2 aliphatic carbocycles. The normalized spacial score (nSPS) is 31.8. The molecule has 4 N–H and O–H groups in total. The number of allylic oxidation sites excluding steroid dienone is 12. The third-order valence-electron chi connectivity index (χ3n) is 14.6. The van der Waals surface area contributed by atoms with Gasteiger partial charge in [0.2, 0.25) is 11.8 Å². The Labute approximate surface area is 359 Å². The van der Waals surface area contributed by atoms with Crippen molar-refractivity contribution >= 4 is 11.8 Å². The molecule has 10 unspecified atom stereocenters. The van der Waals surface area contributed by atoms with Crippen LogP contribution < -0.4 is 10.6 Å². The van der Waals surface area contributed by atoms with Crippen LogP contribution in [0.5, 0.6) is 0 Å². The summed E-state index contributed by atoms with van der Waals surface area (Å²) in [4.78, 5) is 27.5. The molecule has 8 heteroatoms. The van der Waals surface area contributed by atoms with Crippen LogP contribution in [-0.4, -0.2) is 83.6 Å². The van der Waals surface area contributed by atoms with Gasteiger partial charge in [-0.05, 0) is 138 Å². The quantitative estimate of drug-likeness (QED) is 0.0540. The van der Waals surface area contributed by atoms with E-state index in [1.165, 1.54) is 19.3 Å². The van der Waals surface area contributed by atoms with Gasteiger partial charge in [0.05, 0.1) is 25.4 Å². The van der Waals surface area contributed by atoms with Gasteiger partial charge in [-0.25, -0.2) is 0 Å². The molecule has 2 saturated heterocycles. The van der Waals surface area contributed by atoms with Gasteiger partial charge in [-0.2, -0.15) is 0 Å². The average Bonchev–Trinajstić information content (AvgIpc) is 3.58. The Hall–Kier alpha value is -2.78. The molecule has 8 nitrogen and oxygen atoms in total. The fourth-order valence-corrected chi connectivity index (χ4v) is 11.5. The monoisotopic (exact) mass is 818 g/mol. The van der Waals surface area contributed by atoms with Crippen LogP contribution >= 0.6 is 0 Å². The van der Waals surface area contributed by atoms with Crippen molar-refractivity contribution in [1.82, 2.24) is 15.5 Å². The zero-order valence-corrected chi connectivity index (χ0v) is 37.7. The van der Waals surface area contributed by atoms with E-state index in [1.54, 1.807) is 0 Å². The van der Waals surface area contributed by atoms with Crippen molar-refractivity contribution in [2.24, 2.45) is 35.0 Å². The molecule has 332 valence electrons. The number of rotatable bonds is 25. The predicted molar refractivity (Wildman–Crippen MR) is 244 cm³/mol. The second-order valence-electron chi connectivity index (χ2n) is 18.5. The molecule has 4 aliphatic rings. The second kappa shape index (κ2) is 25.9. The van der Waals surface area contributed by atoms with E-state index in [9.17, 15) is 19.8 Å². The summed E-state index contributed by atoms with van der Waals surface area (Å²) in [5.74, 6) is 2.43. The molecule has 0 radical (unpaired) electrons. The van der Waals surface area contributed by atoms with Gasteiger partial charge in [-0.3, -0.25) is 14.5 Å². The number of fused-ring (bicyclic) bond motifs is 5. The lowest BCUT2D eigenvalue weighted by Gasteiger charge is -2.66. The Balaban J connectivity index is 1.00. The fourth-order valence-electron chi connectivity index (χ4n) is 11.5. The van der Waals surface area contributed by atoms with E-state index < -0.39 is 0 Å². The van der Waals surface area contributed by atoms with E-state index in [2.05, 4.69) is 123 Å². The van der Waals surface area contributed by atoms with Crippen molar-refractivity contribution in [3.63, 3.8) is 0 Å². The molecule has 4 rings (SSSR count). The summed E-state index contributed by atoms with van der Waals surface area (Å²) in [6, 6.07) is 0.117. The number of aliphatic hydroxyl groups is 2. The van der Waals surface area contributed by atoms with Crippen molar-refractivity contribution in [2.45, 2.75) is 168 Å². The predicted octanol–water partition coefficient (Wildman–Crippen LogP) is 9.56. The van der Waals surface area contributed by atoms with Crippen LogP contribution in [0.4, 0.5) is 0 Å². The number of carbonyl (C=O) groups excluding carboxylic acids is 2. The number of β-amino-alcohol motifs (C(OH)–C–C–N with tert-alkyl or cyclic N) is 1. The average molecular weight is 818 g/mol. The highest BCUT2D eigenvalue weighted by molar-refractivity contribution is 5.76. The molecule has 59 heavy (non-hydrogen) atoms.